The van der Waals surface area contributed by atoms with E-state index in [1.165, 1.54) is 6.92 Å². The number of hydrogen-bond acceptors (Lipinski definition) is 5. The molecule has 124 valence electrons. The van der Waals surface area contributed by atoms with Crippen molar-refractivity contribution in [2.24, 2.45) is 0 Å². The summed E-state index contributed by atoms with van der Waals surface area (Å²) in [7, 11) is 1.58. The van der Waals surface area contributed by atoms with Crippen LogP contribution in [0.25, 0.3) is 0 Å². The standard InChI is InChI=1S/C18H17NO4S/c1-11(20)23-17-16(14-5-3-4-6-15(14)24)19(18(17)21)12-7-9-13(22-2)10-8-12/h3-5,7-10,16-17H,6H2,1-2H3/t16-,17+/m0/s1. The molecular formula is C18H17NO4S. The largest absolute Gasteiger partial charge is 0.497 e. The van der Waals surface area contributed by atoms with Gasteiger partial charge in [0, 0.05) is 23.9 Å². The van der Waals surface area contributed by atoms with Crippen molar-refractivity contribution in [1.29, 1.82) is 0 Å². The van der Waals surface area contributed by atoms with E-state index in [0.717, 1.165) is 10.4 Å². The number of thiocarbonyl (C=S) groups is 1. The zero-order valence-electron chi connectivity index (χ0n) is 13.4. The van der Waals surface area contributed by atoms with Crippen LogP contribution >= 0.6 is 12.2 Å². The maximum absolute atomic E-state index is 12.5. The Morgan fingerprint density at radius 3 is 2.58 bits per heavy atom. The fourth-order valence-corrected chi connectivity index (χ4v) is 3.20. The lowest BCUT2D eigenvalue weighted by Gasteiger charge is -2.47. The van der Waals surface area contributed by atoms with Gasteiger partial charge >= 0.3 is 5.97 Å². The Morgan fingerprint density at radius 2 is 2.00 bits per heavy atom. The number of β-lactam (4-membered cyclic amide) rings is 1. The molecule has 0 aromatic heterocycles. The number of ether oxygens (including phenoxy) is 2. The summed E-state index contributed by atoms with van der Waals surface area (Å²) >= 11 is 5.43. The van der Waals surface area contributed by atoms with E-state index >= 15 is 0 Å². The van der Waals surface area contributed by atoms with E-state index in [2.05, 4.69) is 0 Å². The summed E-state index contributed by atoms with van der Waals surface area (Å²) in [6.07, 6.45) is 5.57. The van der Waals surface area contributed by atoms with Gasteiger partial charge in [0.15, 0.2) is 0 Å². The van der Waals surface area contributed by atoms with Crippen LogP contribution in [0.1, 0.15) is 13.3 Å². The van der Waals surface area contributed by atoms with E-state index in [9.17, 15) is 9.59 Å². The first-order valence-corrected chi connectivity index (χ1v) is 7.98. The van der Waals surface area contributed by atoms with Gasteiger partial charge in [0.2, 0.25) is 6.10 Å². The first kappa shape index (κ1) is 16.4. The Morgan fingerprint density at radius 1 is 1.29 bits per heavy atom. The average molecular weight is 343 g/mol. The minimum absolute atomic E-state index is 0.251. The quantitative estimate of drug-likeness (QED) is 0.478. The first-order chi connectivity index (χ1) is 11.5. The molecule has 0 N–H and O–H groups in total. The second-order valence-corrected chi connectivity index (χ2v) is 6.05. The number of methoxy groups -OCH3 is 1. The monoisotopic (exact) mass is 343 g/mol. The molecule has 0 unspecified atom stereocenters. The van der Waals surface area contributed by atoms with Gasteiger partial charge in [0.1, 0.15) is 11.8 Å². The van der Waals surface area contributed by atoms with E-state index in [1.807, 2.05) is 18.2 Å². The van der Waals surface area contributed by atoms with Crippen molar-refractivity contribution in [2.45, 2.75) is 25.5 Å². The Kier molecular flexibility index (Phi) is 4.49. The predicted octanol–water partition coefficient (Wildman–Crippen LogP) is 2.60. The highest BCUT2D eigenvalue weighted by molar-refractivity contribution is 7.80. The molecule has 2 aliphatic rings. The number of anilines is 1. The third-order valence-electron chi connectivity index (χ3n) is 4.05. The molecule has 2 atom stereocenters. The predicted molar refractivity (Wildman–Crippen MR) is 94.3 cm³/mol. The zero-order chi connectivity index (χ0) is 17.3. The summed E-state index contributed by atoms with van der Waals surface area (Å²) in [4.78, 5) is 26.3. The molecule has 1 aromatic carbocycles. The lowest BCUT2D eigenvalue weighted by Crippen LogP contribution is -2.67. The number of carbonyl (C=O) groups excluding carboxylic acids is 2. The van der Waals surface area contributed by atoms with Gasteiger partial charge in [-0.2, -0.15) is 0 Å². The molecule has 1 aromatic rings. The van der Waals surface area contributed by atoms with Gasteiger partial charge < -0.3 is 9.47 Å². The highest BCUT2D eigenvalue weighted by Gasteiger charge is 2.52. The van der Waals surface area contributed by atoms with Crippen molar-refractivity contribution in [3.05, 3.63) is 48.1 Å². The van der Waals surface area contributed by atoms with Crippen molar-refractivity contribution in [3.8, 4) is 5.75 Å². The molecule has 1 fully saturated rings. The second-order valence-electron chi connectivity index (χ2n) is 5.56. The van der Waals surface area contributed by atoms with Crippen molar-refractivity contribution < 1.29 is 19.1 Å². The van der Waals surface area contributed by atoms with Gasteiger partial charge in [0.05, 0.1) is 7.11 Å². The molecule has 24 heavy (non-hydrogen) atoms. The molecule has 5 nitrogen and oxygen atoms in total. The van der Waals surface area contributed by atoms with Gasteiger partial charge in [-0.1, -0.05) is 30.4 Å². The van der Waals surface area contributed by atoms with Crippen LogP contribution in [0.15, 0.2) is 48.1 Å². The number of amides is 1. The average Bonchev–Trinajstić information content (AvgIpc) is 2.58. The second kappa shape index (κ2) is 6.57. The lowest BCUT2D eigenvalue weighted by molar-refractivity contribution is -0.159. The molecule has 1 saturated heterocycles. The molecule has 1 amide bonds. The molecule has 0 bridgehead atoms. The van der Waals surface area contributed by atoms with E-state index < -0.39 is 18.1 Å². The van der Waals surface area contributed by atoms with Crippen molar-refractivity contribution in [1.82, 2.24) is 0 Å². The van der Waals surface area contributed by atoms with Crippen LogP contribution in [-0.2, 0) is 14.3 Å². The molecular weight excluding hydrogens is 326 g/mol. The van der Waals surface area contributed by atoms with Crippen molar-refractivity contribution in [2.75, 3.05) is 12.0 Å². The van der Waals surface area contributed by atoms with Gasteiger partial charge in [-0.15, -0.1) is 0 Å². The summed E-state index contributed by atoms with van der Waals surface area (Å²) in [5.41, 5.74) is 1.56. The van der Waals surface area contributed by atoms with E-state index in [-0.39, 0.29) is 5.91 Å². The summed E-state index contributed by atoms with van der Waals surface area (Å²) in [5, 5.41) is 0. The van der Waals surface area contributed by atoms with Gasteiger partial charge in [-0.25, -0.2) is 0 Å². The molecule has 6 heteroatoms. The van der Waals surface area contributed by atoms with Crippen LogP contribution in [0.4, 0.5) is 5.69 Å². The third-order valence-corrected chi connectivity index (χ3v) is 4.45. The fourth-order valence-electron chi connectivity index (χ4n) is 2.91. The smallest absolute Gasteiger partial charge is 0.303 e. The van der Waals surface area contributed by atoms with Crippen LogP contribution in [0.3, 0.4) is 0 Å². The van der Waals surface area contributed by atoms with Crippen LogP contribution in [-0.4, -0.2) is 36.0 Å². The number of allylic oxidation sites excluding steroid dienone is 3. The summed E-state index contributed by atoms with van der Waals surface area (Å²) < 4.78 is 10.4. The minimum Gasteiger partial charge on any atom is -0.497 e. The first-order valence-electron chi connectivity index (χ1n) is 7.57. The molecule has 1 aliphatic heterocycles. The van der Waals surface area contributed by atoms with Crippen LogP contribution in [0, 0.1) is 0 Å². The SMILES string of the molecule is COc1ccc(N2C(=O)[C@H](OC(C)=O)[C@@H]2C2=CC=CCC2=S)cc1. The number of benzene rings is 1. The van der Waals surface area contributed by atoms with Gasteiger partial charge in [-0.05, 0) is 29.8 Å². The Balaban J connectivity index is 1.95. The topological polar surface area (TPSA) is 55.8 Å². The van der Waals surface area contributed by atoms with Gasteiger partial charge in [0.25, 0.3) is 5.91 Å². The molecule has 3 rings (SSSR count). The lowest BCUT2D eigenvalue weighted by atomic mass is 9.85. The molecule has 0 saturated carbocycles. The Labute approximate surface area is 145 Å². The number of carbonyl (C=O) groups is 2. The van der Waals surface area contributed by atoms with E-state index in [4.69, 9.17) is 21.7 Å². The van der Waals surface area contributed by atoms with Gasteiger partial charge in [-0.3, -0.25) is 14.5 Å². The van der Waals surface area contributed by atoms with E-state index in [0.29, 0.717) is 17.9 Å². The molecule has 0 spiro atoms. The highest BCUT2D eigenvalue weighted by Crippen LogP contribution is 2.36. The number of rotatable bonds is 4. The van der Waals surface area contributed by atoms with Crippen molar-refractivity contribution >= 4 is 34.6 Å². The third kappa shape index (κ3) is 2.85. The molecule has 0 radical (unpaired) electrons. The summed E-state index contributed by atoms with van der Waals surface area (Å²) in [6, 6.07) is 6.78. The van der Waals surface area contributed by atoms with Crippen LogP contribution in [0.5, 0.6) is 5.75 Å². The fraction of sp³-hybridized carbons (Fsp3) is 0.278. The normalized spacial score (nSPS) is 22.8. The highest BCUT2D eigenvalue weighted by atomic mass is 32.1. The van der Waals surface area contributed by atoms with Crippen LogP contribution in [0.2, 0.25) is 0 Å². The summed E-state index contributed by atoms with van der Waals surface area (Å²) in [6.45, 7) is 1.30. The molecule has 1 aliphatic carbocycles. The zero-order valence-corrected chi connectivity index (χ0v) is 14.2. The van der Waals surface area contributed by atoms with E-state index in [1.54, 1.807) is 36.3 Å². The number of hydrogen-bond donors (Lipinski definition) is 0. The number of esters is 1. The molecule has 1 heterocycles. The summed E-state index contributed by atoms with van der Waals surface area (Å²) in [5.74, 6) is -0.0284. The maximum atomic E-state index is 12.5. The van der Waals surface area contributed by atoms with Crippen LogP contribution < -0.4 is 9.64 Å². The Bertz CT molecular complexity index is 751. The minimum atomic E-state index is -0.833. The Hall–Kier alpha value is -2.47. The number of nitrogens with zero attached hydrogens (tertiary/aromatic N) is 1. The van der Waals surface area contributed by atoms with Crippen molar-refractivity contribution in [3.63, 3.8) is 0 Å². The maximum Gasteiger partial charge on any atom is 0.303 e.